The van der Waals surface area contributed by atoms with E-state index in [4.69, 9.17) is 9.47 Å². The van der Waals surface area contributed by atoms with Gasteiger partial charge in [0.2, 0.25) is 5.91 Å². The van der Waals surface area contributed by atoms with E-state index >= 15 is 0 Å². The monoisotopic (exact) mass is 440 g/mol. The molecule has 1 aliphatic heterocycles. The van der Waals surface area contributed by atoms with Crippen molar-refractivity contribution in [3.8, 4) is 11.5 Å². The first-order valence-electron chi connectivity index (χ1n) is 10.8. The molecule has 1 aliphatic rings. The molecule has 0 bridgehead atoms. The minimum absolute atomic E-state index is 0.132. The van der Waals surface area contributed by atoms with Gasteiger partial charge in [-0.25, -0.2) is 0 Å². The highest BCUT2D eigenvalue weighted by atomic mass is 16.5. The quantitative estimate of drug-likeness (QED) is 0.656. The van der Waals surface area contributed by atoms with Crippen LogP contribution in [0.5, 0.6) is 11.5 Å². The Balaban J connectivity index is 1.54. The first-order chi connectivity index (χ1) is 15.4. The second-order valence-electron chi connectivity index (χ2n) is 7.72. The van der Waals surface area contributed by atoms with Crippen LogP contribution >= 0.6 is 0 Å². The van der Waals surface area contributed by atoms with Crippen molar-refractivity contribution in [2.45, 2.75) is 13.8 Å². The van der Waals surface area contributed by atoms with Crippen molar-refractivity contribution in [1.29, 1.82) is 0 Å². The van der Waals surface area contributed by atoms with Crippen LogP contribution in [0.25, 0.3) is 0 Å². The lowest BCUT2D eigenvalue weighted by atomic mass is 10.1. The number of carbonyl (C=O) groups excluding carboxylic acids is 2. The van der Waals surface area contributed by atoms with Crippen molar-refractivity contribution in [2.24, 2.45) is 0 Å². The molecule has 8 heteroatoms. The summed E-state index contributed by atoms with van der Waals surface area (Å²) in [4.78, 5) is 29.6. The molecule has 1 saturated heterocycles. The van der Waals surface area contributed by atoms with Crippen molar-refractivity contribution in [3.05, 3.63) is 47.5 Å². The molecule has 0 unspecified atom stereocenters. The topological polar surface area (TPSA) is 83.1 Å². The molecule has 0 atom stereocenters. The molecule has 1 fully saturated rings. The van der Waals surface area contributed by atoms with Gasteiger partial charge in [0.05, 0.1) is 20.8 Å². The number of ether oxygens (including phenoxy) is 2. The summed E-state index contributed by atoms with van der Waals surface area (Å²) < 4.78 is 10.4. The summed E-state index contributed by atoms with van der Waals surface area (Å²) in [5, 5.41) is 5.52. The molecule has 0 radical (unpaired) electrons. The fourth-order valence-electron chi connectivity index (χ4n) is 3.74. The molecule has 2 amide bonds. The van der Waals surface area contributed by atoms with Gasteiger partial charge in [0.25, 0.3) is 5.91 Å². The van der Waals surface area contributed by atoms with Gasteiger partial charge < -0.3 is 29.9 Å². The van der Waals surface area contributed by atoms with Crippen LogP contribution < -0.4 is 25.0 Å². The molecule has 2 N–H and O–H groups in total. The first kappa shape index (κ1) is 23.4. The lowest BCUT2D eigenvalue weighted by Crippen LogP contribution is -2.46. The van der Waals surface area contributed by atoms with E-state index in [0.717, 1.165) is 49.7 Å². The summed E-state index contributed by atoms with van der Waals surface area (Å²) >= 11 is 0. The molecule has 32 heavy (non-hydrogen) atoms. The fourth-order valence-corrected chi connectivity index (χ4v) is 3.74. The number of hydrogen-bond acceptors (Lipinski definition) is 6. The van der Waals surface area contributed by atoms with Crippen LogP contribution in [0.4, 0.5) is 11.4 Å². The molecule has 3 rings (SSSR count). The van der Waals surface area contributed by atoms with Gasteiger partial charge in [0.15, 0.2) is 11.5 Å². The van der Waals surface area contributed by atoms with Crippen LogP contribution in [0.15, 0.2) is 36.4 Å². The van der Waals surface area contributed by atoms with Crippen LogP contribution in [0.2, 0.25) is 0 Å². The van der Waals surface area contributed by atoms with Gasteiger partial charge in [0, 0.05) is 43.1 Å². The van der Waals surface area contributed by atoms with Gasteiger partial charge in [-0.1, -0.05) is 6.92 Å². The minimum Gasteiger partial charge on any atom is -0.493 e. The zero-order valence-corrected chi connectivity index (χ0v) is 19.2. The first-order valence-corrected chi connectivity index (χ1v) is 10.8. The number of nitrogens with zero attached hydrogens (tertiary/aromatic N) is 2. The van der Waals surface area contributed by atoms with E-state index in [9.17, 15) is 9.59 Å². The number of benzene rings is 2. The maximum atomic E-state index is 12.4. The highest BCUT2D eigenvalue weighted by Gasteiger charge is 2.17. The number of aryl methyl sites for hydroxylation is 1. The second kappa shape index (κ2) is 10.9. The van der Waals surface area contributed by atoms with E-state index in [1.165, 1.54) is 14.2 Å². The fraction of sp³-hybridized carbons (Fsp3) is 0.417. The number of piperazine rings is 1. The SMILES string of the molecule is CCN1CCN(c2ccc(NC(=O)CNC(=O)c3ccc(OC)c(OC)c3)c(C)c2)CC1. The zero-order chi connectivity index (χ0) is 23.1. The number of hydrogen-bond donors (Lipinski definition) is 2. The van der Waals surface area contributed by atoms with E-state index in [1.807, 2.05) is 19.1 Å². The number of carbonyl (C=O) groups is 2. The molecule has 0 aromatic heterocycles. The van der Waals surface area contributed by atoms with Crippen molar-refractivity contribution < 1.29 is 19.1 Å². The predicted molar refractivity (Wildman–Crippen MR) is 126 cm³/mol. The Kier molecular flexibility index (Phi) is 7.94. The molecule has 0 aliphatic carbocycles. The Labute approximate surface area is 189 Å². The summed E-state index contributed by atoms with van der Waals surface area (Å²) in [5.41, 5.74) is 3.28. The van der Waals surface area contributed by atoms with Crippen molar-refractivity contribution in [2.75, 3.05) is 63.7 Å². The number of amides is 2. The third-order valence-electron chi connectivity index (χ3n) is 5.72. The number of nitrogens with one attached hydrogen (secondary N) is 2. The van der Waals surface area contributed by atoms with Crippen LogP contribution in [-0.2, 0) is 4.79 Å². The zero-order valence-electron chi connectivity index (χ0n) is 19.2. The van der Waals surface area contributed by atoms with E-state index in [1.54, 1.807) is 18.2 Å². The van der Waals surface area contributed by atoms with Crippen LogP contribution in [0.1, 0.15) is 22.8 Å². The molecule has 1 heterocycles. The Morgan fingerprint density at radius 3 is 2.31 bits per heavy atom. The maximum absolute atomic E-state index is 12.4. The number of methoxy groups -OCH3 is 2. The van der Waals surface area contributed by atoms with E-state index in [-0.39, 0.29) is 18.4 Å². The van der Waals surface area contributed by atoms with Gasteiger partial charge in [-0.05, 0) is 55.4 Å². The average Bonchev–Trinajstić information content (AvgIpc) is 2.83. The van der Waals surface area contributed by atoms with Gasteiger partial charge in [-0.2, -0.15) is 0 Å². The summed E-state index contributed by atoms with van der Waals surface area (Å²) in [6.07, 6.45) is 0. The molecule has 0 saturated carbocycles. The van der Waals surface area contributed by atoms with Crippen molar-refractivity contribution in [1.82, 2.24) is 10.2 Å². The van der Waals surface area contributed by atoms with Gasteiger partial charge in [-0.15, -0.1) is 0 Å². The molecular weight excluding hydrogens is 408 g/mol. The van der Waals surface area contributed by atoms with E-state index in [0.29, 0.717) is 17.1 Å². The molecule has 8 nitrogen and oxygen atoms in total. The second-order valence-corrected chi connectivity index (χ2v) is 7.72. The standard InChI is InChI=1S/C24H32N4O4/c1-5-27-10-12-28(13-11-27)19-7-8-20(17(2)14-19)26-23(29)16-25-24(30)18-6-9-21(31-3)22(15-18)32-4/h6-9,14-15H,5,10-13,16H2,1-4H3,(H,25,30)(H,26,29). The Hall–Kier alpha value is -3.26. The van der Waals surface area contributed by atoms with Crippen molar-refractivity contribution >= 4 is 23.2 Å². The minimum atomic E-state index is -0.362. The third-order valence-corrected chi connectivity index (χ3v) is 5.72. The lowest BCUT2D eigenvalue weighted by Gasteiger charge is -2.35. The van der Waals surface area contributed by atoms with Gasteiger partial charge in [-0.3, -0.25) is 9.59 Å². The van der Waals surface area contributed by atoms with Gasteiger partial charge in [0.1, 0.15) is 0 Å². The smallest absolute Gasteiger partial charge is 0.251 e. The third kappa shape index (κ3) is 5.70. The summed E-state index contributed by atoms with van der Waals surface area (Å²) in [6, 6.07) is 10.9. The maximum Gasteiger partial charge on any atom is 0.251 e. The predicted octanol–water partition coefficient (Wildman–Crippen LogP) is 2.52. The van der Waals surface area contributed by atoms with Gasteiger partial charge >= 0.3 is 0 Å². The van der Waals surface area contributed by atoms with Crippen LogP contribution in [0, 0.1) is 6.92 Å². The molecule has 0 spiro atoms. The Morgan fingerprint density at radius 2 is 1.69 bits per heavy atom. The normalized spacial score (nSPS) is 14.1. The van der Waals surface area contributed by atoms with E-state index < -0.39 is 0 Å². The average molecular weight is 441 g/mol. The summed E-state index contributed by atoms with van der Waals surface area (Å²) in [5.74, 6) is 0.343. The molecule has 2 aromatic rings. The Bertz CT molecular complexity index is 955. The van der Waals surface area contributed by atoms with E-state index in [2.05, 4.69) is 33.4 Å². The van der Waals surface area contributed by atoms with Crippen molar-refractivity contribution in [3.63, 3.8) is 0 Å². The number of likely N-dealkylation sites (N-methyl/N-ethyl adjacent to an activating group) is 1. The number of rotatable bonds is 8. The summed E-state index contributed by atoms with van der Waals surface area (Å²) in [6.45, 7) is 9.24. The molecule has 2 aromatic carbocycles. The van der Waals surface area contributed by atoms with Crippen LogP contribution in [-0.4, -0.2) is 70.2 Å². The molecular formula is C24H32N4O4. The largest absolute Gasteiger partial charge is 0.493 e. The van der Waals surface area contributed by atoms with Crippen LogP contribution in [0.3, 0.4) is 0 Å². The highest BCUT2D eigenvalue weighted by Crippen LogP contribution is 2.27. The summed E-state index contributed by atoms with van der Waals surface area (Å²) in [7, 11) is 3.04. The number of anilines is 2. The lowest BCUT2D eigenvalue weighted by molar-refractivity contribution is -0.115. The highest BCUT2D eigenvalue weighted by molar-refractivity contribution is 6.00. The molecule has 172 valence electrons. The Morgan fingerprint density at radius 1 is 0.969 bits per heavy atom.